The van der Waals surface area contributed by atoms with Crippen LogP contribution in [0.1, 0.15) is 38.7 Å². The van der Waals surface area contributed by atoms with E-state index < -0.39 is 6.10 Å². The van der Waals surface area contributed by atoms with Crippen LogP contribution in [-0.2, 0) is 16.0 Å². The van der Waals surface area contributed by atoms with Gasteiger partial charge in [-0.3, -0.25) is 4.79 Å². The first-order chi connectivity index (χ1) is 14.8. The van der Waals surface area contributed by atoms with Crippen LogP contribution < -0.4 is 10.1 Å². The first-order valence-corrected chi connectivity index (χ1v) is 11.2. The number of carbonyl (C=O) groups excluding carboxylic acids is 2. The molecule has 31 heavy (non-hydrogen) atoms. The minimum Gasteiger partial charge on any atom is -0.490 e. The van der Waals surface area contributed by atoms with Gasteiger partial charge >= 0.3 is 6.09 Å². The highest BCUT2D eigenvalue weighted by atomic mass is 16.6. The van der Waals surface area contributed by atoms with E-state index in [1.807, 2.05) is 32.0 Å². The van der Waals surface area contributed by atoms with E-state index in [1.54, 1.807) is 11.9 Å². The normalized spacial score (nSPS) is 18.3. The number of rotatable bonds is 8. The first kappa shape index (κ1) is 23.3. The third-order valence-electron chi connectivity index (χ3n) is 5.84. The second-order valence-corrected chi connectivity index (χ2v) is 8.91. The van der Waals surface area contributed by atoms with Crippen LogP contribution in [0, 0.1) is 5.92 Å². The van der Waals surface area contributed by atoms with Crippen LogP contribution in [0.25, 0.3) is 0 Å². The predicted molar refractivity (Wildman–Crippen MR) is 118 cm³/mol. The van der Waals surface area contributed by atoms with Crippen molar-refractivity contribution in [3.63, 3.8) is 0 Å². The first-order valence-electron chi connectivity index (χ1n) is 11.2. The van der Waals surface area contributed by atoms with E-state index in [1.165, 1.54) is 0 Å². The van der Waals surface area contributed by atoms with Crippen LogP contribution in [0.15, 0.2) is 18.2 Å². The van der Waals surface area contributed by atoms with Gasteiger partial charge in [0.25, 0.3) is 0 Å². The van der Waals surface area contributed by atoms with Gasteiger partial charge in [-0.2, -0.15) is 0 Å². The van der Waals surface area contributed by atoms with E-state index in [0.29, 0.717) is 31.9 Å². The predicted octanol–water partition coefficient (Wildman–Crippen LogP) is 2.50. The van der Waals surface area contributed by atoms with Crippen LogP contribution >= 0.6 is 0 Å². The Hall–Kier alpha value is -2.32. The zero-order chi connectivity index (χ0) is 22.4. The Morgan fingerprint density at radius 1 is 1.26 bits per heavy atom. The molecule has 172 valence electrons. The Morgan fingerprint density at radius 3 is 2.71 bits per heavy atom. The quantitative estimate of drug-likeness (QED) is 0.655. The summed E-state index contributed by atoms with van der Waals surface area (Å²) in [6.45, 7) is 6.83. The van der Waals surface area contributed by atoms with Crippen molar-refractivity contribution < 1.29 is 24.2 Å². The topological polar surface area (TPSA) is 91.3 Å². The molecule has 1 aromatic rings. The van der Waals surface area contributed by atoms with Crippen molar-refractivity contribution >= 4 is 17.7 Å². The van der Waals surface area contributed by atoms with Gasteiger partial charge in [0.05, 0.1) is 6.61 Å². The lowest BCUT2D eigenvalue weighted by molar-refractivity contribution is -0.116. The molecule has 1 unspecified atom stereocenters. The van der Waals surface area contributed by atoms with Crippen LogP contribution in [-0.4, -0.2) is 78.9 Å². The van der Waals surface area contributed by atoms with Crippen LogP contribution in [0.5, 0.6) is 5.75 Å². The number of carbonyl (C=O) groups is 2. The van der Waals surface area contributed by atoms with Crippen molar-refractivity contribution in [3.05, 3.63) is 23.8 Å². The van der Waals surface area contributed by atoms with Gasteiger partial charge in [0.15, 0.2) is 0 Å². The Balaban J connectivity index is 1.41. The maximum atomic E-state index is 12.2. The highest BCUT2D eigenvalue weighted by molar-refractivity contribution is 5.94. The number of anilines is 1. The molecule has 2 aliphatic rings. The lowest BCUT2D eigenvalue weighted by Crippen LogP contribution is -2.48. The molecular weight excluding hydrogens is 398 g/mol. The summed E-state index contributed by atoms with van der Waals surface area (Å²) in [4.78, 5) is 27.6. The van der Waals surface area contributed by atoms with Gasteiger partial charge in [0, 0.05) is 50.4 Å². The number of piperidine rings is 1. The van der Waals surface area contributed by atoms with E-state index in [2.05, 4.69) is 10.2 Å². The summed E-state index contributed by atoms with van der Waals surface area (Å²) < 4.78 is 11.2. The summed E-state index contributed by atoms with van der Waals surface area (Å²) in [5.41, 5.74) is 1.78. The fourth-order valence-electron chi connectivity index (χ4n) is 4.04. The molecular formula is C23H35N3O5. The number of hydrogen-bond acceptors (Lipinski definition) is 6. The molecule has 2 N–H and O–H groups in total. The van der Waals surface area contributed by atoms with Crippen molar-refractivity contribution in [1.29, 1.82) is 0 Å². The number of nitrogens with one attached hydrogen (secondary N) is 1. The minimum atomic E-state index is -0.612. The molecule has 1 fully saturated rings. The Kier molecular flexibility index (Phi) is 8.15. The number of fused-ring (bicyclic) bond motifs is 1. The maximum absolute atomic E-state index is 12.2. The molecule has 8 heteroatoms. The number of nitrogens with zero attached hydrogens (tertiary/aromatic N) is 2. The standard InChI is InChI=1S/C23H35N3O5/c1-16(2)14-31-23(29)25(3)17-9-11-26(12-10-17)13-18(27)15-30-21-6-4-5-20-19(21)7-8-22(28)24-20/h4-6,16-18,27H,7-15H2,1-3H3,(H,24,28). The zero-order valence-corrected chi connectivity index (χ0v) is 18.8. The number of amides is 2. The van der Waals surface area contributed by atoms with Crippen molar-refractivity contribution in [1.82, 2.24) is 9.80 Å². The molecule has 0 spiro atoms. The van der Waals surface area contributed by atoms with E-state index in [9.17, 15) is 14.7 Å². The lowest BCUT2D eigenvalue weighted by atomic mass is 10.0. The van der Waals surface area contributed by atoms with Crippen molar-refractivity contribution in [2.75, 3.05) is 45.2 Å². The molecule has 3 rings (SSSR count). The van der Waals surface area contributed by atoms with Crippen molar-refractivity contribution in [2.45, 2.75) is 51.7 Å². The van der Waals surface area contributed by atoms with Gasteiger partial charge in [-0.1, -0.05) is 19.9 Å². The van der Waals surface area contributed by atoms with Crippen LogP contribution in [0.4, 0.5) is 10.5 Å². The summed E-state index contributed by atoms with van der Waals surface area (Å²) in [6, 6.07) is 5.76. The number of aliphatic hydroxyl groups excluding tert-OH is 1. The monoisotopic (exact) mass is 433 g/mol. The number of β-amino-alcohol motifs (C(OH)–C–C–N with tert-alkyl or cyclic N) is 1. The second kappa shape index (κ2) is 10.8. The largest absolute Gasteiger partial charge is 0.490 e. The maximum Gasteiger partial charge on any atom is 0.409 e. The number of likely N-dealkylation sites (tertiary alicyclic amines) is 1. The van der Waals surface area contributed by atoms with E-state index in [4.69, 9.17) is 9.47 Å². The average Bonchev–Trinajstić information content (AvgIpc) is 2.75. The molecule has 1 aromatic carbocycles. The third kappa shape index (κ3) is 6.58. The molecule has 2 aliphatic heterocycles. The molecule has 2 amide bonds. The fraction of sp³-hybridized carbons (Fsp3) is 0.652. The second-order valence-electron chi connectivity index (χ2n) is 8.91. The Morgan fingerprint density at radius 2 is 2.00 bits per heavy atom. The lowest BCUT2D eigenvalue weighted by Gasteiger charge is -2.37. The van der Waals surface area contributed by atoms with Gasteiger partial charge in [0.1, 0.15) is 18.5 Å². The fourth-order valence-corrected chi connectivity index (χ4v) is 4.04. The molecule has 0 bridgehead atoms. The summed E-state index contributed by atoms with van der Waals surface area (Å²) in [6.07, 6.45) is 1.93. The summed E-state index contributed by atoms with van der Waals surface area (Å²) in [5, 5.41) is 13.3. The van der Waals surface area contributed by atoms with Gasteiger partial charge in [0.2, 0.25) is 5.91 Å². The minimum absolute atomic E-state index is 0.0203. The Labute approximate surface area is 184 Å². The molecule has 0 radical (unpaired) electrons. The van der Waals surface area contributed by atoms with Crippen molar-refractivity contribution in [2.24, 2.45) is 5.92 Å². The van der Waals surface area contributed by atoms with Crippen molar-refractivity contribution in [3.8, 4) is 5.75 Å². The van der Waals surface area contributed by atoms with Gasteiger partial charge in [-0.15, -0.1) is 0 Å². The highest BCUT2D eigenvalue weighted by Crippen LogP contribution is 2.31. The van der Waals surface area contributed by atoms with Gasteiger partial charge in [-0.05, 0) is 37.3 Å². The summed E-state index contributed by atoms with van der Waals surface area (Å²) in [7, 11) is 1.80. The average molecular weight is 434 g/mol. The number of aliphatic hydroxyl groups is 1. The van der Waals surface area contributed by atoms with Crippen LogP contribution in [0.2, 0.25) is 0 Å². The zero-order valence-electron chi connectivity index (χ0n) is 18.8. The highest BCUT2D eigenvalue weighted by Gasteiger charge is 2.27. The number of benzene rings is 1. The molecule has 0 aliphatic carbocycles. The molecule has 2 heterocycles. The van der Waals surface area contributed by atoms with E-state index in [0.717, 1.165) is 42.9 Å². The van der Waals surface area contributed by atoms with Crippen LogP contribution in [0.3, 0.4) is 0 Å². The molecule has 0 aromatic heterocycles. The third-order valence-corrected chi connectivity index (χ3v) is 5.84. The Bertz CT molecular complexity index is 762. The summed E-state index contributed by atoms with van der Waals surface area (Å²) >= 11 is 0. The molecule has 0 saturated carbocycles. The SMILES string of the molecule is CC(C)COC(=O)N(C)C1CCN(CC(O)COc2cccc3c2CCC(=O)N3)CC1. The number of ether oxygens (including phenoxy) is 2. The van der Waals surface area contributed by atoms with E-state index >= 15 is 0 Å². The summed E-state index contributed by atoms with van der Waals surface area (Å²) in [5.74, 6) is 1.06. The van der Waals surface area contributed by atoms with Gasteiger partial charge < -0.3 is 29.7 Å². The smallest absolute Gasteiger partial charge is 0.409 e. The van der Waals surface area contributed by atoms with E-state index in [-0.39, 0.29) is 24.6 Å². The van der Waals surface area contributed by atoms with Gasteiger partial charge in [-0.25, -0.2) is 4.79 Å². The number of hydrogen-bond donors (Lipinski definition) is 2. The molecule has 1 atom stereocenters. The molecule has 1 saturated heterocycles. The molecule has 8 nitrogen and oxygen atoms in total.